The number of nitrogens with zero attached hydrogens (tertiary/aromatic N) is 1. The summed E-state index contributed by atoms with van der Waals surface area (Å²) in [7, 11) is 2.08. The highest BCUT2D eigenvalue weighted by Crippen LogP contribution is 2.23. The van der Waals surface area contributed by atoms with Gasteiger partial charge in [0, 0.05) is 13.1 Å². The largest absolute Gasteiger partial charge is 0.299 e. The molecule has 0 bridgehead atoms. The van der Waals surface area contributed by atoms with Crippen LogP contribution in [0.2, 0.25) is 0 Å². The van der Waals surface area contributed by atoms with Crippen molar-refractivity contribution < 1.29 is 0 Å². The first-order valence-corrected chi connectivity index (χ1v) is 4.35. The molecule has 70 valence electrons. The molecule has 1 nitrogen and oxygen atoms in total. The van der Waals surface area contributed by atoms with Crippen LogP contribution < -0.4 is 0 Å². The predicted molar refractivity (Wildman–Crippen MR) is 56.3 cm³/mol. The zero-order valence-corrected chi connectivity index (χ0v) is 8.85. The first kappa shape index (κ1) is 11.4. The minimum Gasteiger partial charge on any atom is -0.299 e. The van der Waals surface area contributed by atoms with Gasteiger partial charge in [-0.3, -0.25) is 4.90 Å². The number of rotatable bonds is 4. The fourth-order valence-electron chi connectivity index (χ4n) is 0.848. The predicted octanol–water partition coefficient (Wildman–Crippen LogP) is 2.71. The highest BCUT2D eigenvalue weighted by Gasteiger charge is 2.15. The van der Waals surface area contributed by atoms with Gasteiger partial charge in [-0.1, -0.05) is 39.0 Å². The van der Waals surface area contributed by atoms with E-state index in [1.54, 1.807) is 0 Å². The lowest BCUT2D eigenvalue weighted by molar-refractivity contribution is 0.360. The van der Waals surface area contributed by atoms with Crippen LogP contribution in [-0.2, 0) is 0 Å². The van der Waals surface area contributed by atoms with Crippen LogP contribution in [0, 0.1) is 5.41 Å². The molecule has 0 aliphatic heterocycles. The molecule has 12 heavy (non-hydrogen) atoms. The van der Waals surface area contributed by atoms with Crippen molar-refractivity contribution >= 4 is 0 Å². The molecule has 0 aromatic rings. The quantitative estimate of drug-likeness (QED) is 0.582. The monoisotopic (exact) mass is 167 g/mol. The van der Waals surface area contributed by atoms with E-state index in [1.807, 2.05) is 6.08 Å². The zero-order chi connectivity index (χ0) is 9.78. The Morgan fingerprint density at radius 3 is 2.25 bits per heavy atom. The molecule has 0 radical (unpaired) electrons. The van der Waals surface area contributed by atoms with Gasteiger partial charge < -0.3 is 0 Å². The summed E-state index contributed by atoms with van der Waals surface area (Å²) in [6.07, 6.45) is 1.91. The Morgan fingerprint density at radius 1 is 1.42 bits per heavy atom. The maximum atomic E-state index is 4.07. The molecule has 0 aliphatic carbocycles. The summed E-state index contributed by atoms with van der Waals surface area (Å²) >= 11 is 0. The van der Waals surface area contributed by atoms with Gasteiger partial charge in [-0.25, -0.2) is 0 Å². The highest BCUT2D eigenvalue weighted by atomic mass is 15.1. The third-order valence-electron chi connectivity index (χ3n) is 1.96. The molecule has 0 amide bonds. The van der Waals surface area contributed by atoms with Crippen LogP contribution in [0.1, 0.15) is 20.8 Å². The molecule has 0 spiro atoms. The molecular formula is C11H21N. The lowest BCUT2D eigenvalue weighted by Crippen LogP contribution is -2.25. The topological polar surface area (TPSA) is 3.24 Å². The van der Waals surface area contributed by atoms with E-state index in [-0.39, 0.29) is 5.41 Å². The van der Waals surface area contributed by atoms with E-state index in [9.17, 15) is 0 Å². The van der Waals surface area contributed by atoms with Gasteiger partial charge >= 0.3 is 0 Å². The van der Waals surface area contributed by atoms with Crippen molar-refractivity contribution in [3.8, 4) is 0 Å². The van der Waals surface area contributed by atoms with Crippen molar-refractivity contribution in [2.45, 2.75) is 20.8 Å². The second-order valence-corrected chi connectivity index (χ2v) is 4.34. The molecule has 0 saturated carbocycles. The first-order valence-electron chi connectivity index (χ1n) is 4.35. The van der Waals surface area contributed by atoms with Crippen molar-refractivity contribution in [2.75, 3.05) is 20.1 Å². The van der Waals surface area contributed by atoms with Crippen LogP contribution in [0.4, 0.5) is 0 Å². The van der Waals surface area contributed by atoms with E-state index in [0.717, 1.165) is 13.1 Å². The van der Waals surface area contributed by atoms with Crippen molar-refractivity contribution in [3.63, 3.8) is 0 Å². The van der Waals surface area contributed by atoms with Gasteiger partial charge in [0.1, 0.15) is 0 Å². The van der Waals surface area contributed by atoms with Crippen LogP contribution in [0.15, 0.2) is 24.8 Å². The SMILES string of the molecule is C=CCN(C)CC(=C)C(C)(C)C. The maximum Gasteiger partial charge on any atom is 0.0195 e. The standard InChI is InChI=1S/C11H21N/c1-7-8-12(6)9-10(2)11(3,4)5/h7H,1-2,8-9H2,3-6H3. The third kappa shape index (κ3) is 4.35. The minimum atomic E-state index is 0.218. The first-order chi connectivity index (χ1) is 5.38. The minimum absolute atomic E-state index is 0.218. The van der Waals surface area contributed by atoms with E-state index < -0.39 is 0 Å². The molecule has 0 heterocycles. The number of hydrogen-bond acceptors (Lipinski definition) is 1. The molecule has 0 aromatic carbocycles. The third-order valence-corrected chi connectivity index (χ3v) is 1.96. The van der Waals surface area contributed by atoms with Crippen molar-refractivity contribution in [2.24, 2.45) is 5.41 Å². The molecule has 0 N–H and O–H groups in total. The fourth-order valence-corrected chi connectivity index (χ4v) is 0.848. The highest BCUT2D eigenvalue weighted by molar-refractivity contribution is 5.07. The summed E-state index contributed by atoms with van der Waals surface area (Å²) in [6.45, 7) is 16.2. The molecule has 0 rings (SSSR count). The Kier molecular flexibility index (Phi) is 4.25. The van der Waals surface area contributed by atoms with Gasteiger partial charge in [0.05, 0.1) is 0 Å². The van der Waals surface area contributed by atoms with Gasteiger partial charge in [0.15, 0.2) is 0 Å². The van der Waals surface area contributed by atoms with Gasteiger partial charge in [-0.2, -0.15) is 0 Å². The van der Waals surface area contributed by atoms with E-state index in [2.05, 4.69) is 45.9 Å². The van der Waals surface area contributed by atoms with E-state index >= 15 is 0 Å². The summed E-state index contributed by atoms with van der Waals surface area (Å²) in [5.74, 6) is 0. The molecular weight excluding hydrogens is 146 g/mol. The summed E-state index contributed by atoms with van der Waals surface area (Å²) in [4.78, 5) is 2.21. The maximum absolute atomic E-state index is 4.07. The second-order valence-electron chi connectivity index (χ2n) is 4.34. The van der Waals surface area contributed by atoms with Gasteiger partial charge in [0.2, 0.25) is 0 Å². The van der Waals surface area contributed by atoms with E-state index in [1.165, 1.54) is 5.57 Å². The fraction of sp³-hybridized carbons (Fsp3) is 0.636. The molecule has 0 aromatic heterocycles. The van der Waals surface area contributed by atoms with Crippen LogP contribution in [-0.4, -0.2) is 25.0 Å². The van der Waals surface area contributed by atoms with Crippen LogP contribution in [0.3, 0.4) is 0 Å². The molecule has 0 fully saturated rings. The molecule has 1 heteroatoms. The van der Waals surface area contributed by atoms with Crippen LogP contribution in [0.5, 0.6) is 0 Å². The number of likely N-dealkylation sites (N-methyl/N-ethyl adjacent to an activating group) is 1. The van der Waals surface area contributed by atoms with Crippen molar-refractivity contribution in [3.05, 3.63) is 24.8 Å². The van der Waals surface area contributed by atoms with Crippen molar-refractivity contribution in [1.82, 2.24) is 4.90 Å². The average molecular weight is 167 g/mol. The zero-order valence-electron chi connectivity index (χ0n) is 8.85. The average Bonchev–Trinajstić information content (AvgIpc) is 1.85. The lowest BCUT2D eigenvalue weighted by atomic mass is 9.87. The van der Waals surface area contributed by atoms with Crippen molar-refractivity contribution in [1.29, 1.82) is 0 Å². The van der Waals surface area contributed by atoms with Crippen LogP contribution in [0.25, 0.3) is 0 Å². The van der Waals surface area contributed by atoms with Gasteiger partial charge in [-0.15, -0.1) is 6.58 Å². The van der Waals surface area contributed by atoms with E-state index in [4.69, 9.17) is 0 Å². The Balaban J connectivity index is 3.92. The molecule has 0 saturated heterocycles. The lowest BCUT2D eigenvalue weighted by Gasteiger charge is -2.25. The number of hydrogen-bond donors (Lipinski definition) is 0. The smallest absolute Gasteiger partial charge is 0.0195 e. The summed E-state index contributed by atoms with van der Waals surface area (Å²) in [5, 5.41) is 0. The summed E-state index contributed by atoms with van der Waals surface area (Å²) in [5.41, 5.74) is 1.49. The second kappa shape index (κ2) is 4.46. The van der Waals surface area contributed by atoms with Gasteiger partial charge in [0.25, 0.3) is 0 Å². The molecule has 0 unspecified atom stereocenters. The Morgan fingerprint density at radius 2 is 1.92 bits per heavy atom. The van der Waals surface area contributed by atoms with E-state index in [0.29, 0.717) is 0 Å². The normalized spacial score (nSPS) is 11.8. The Labute approximate surface area is 76.8 Å². The van der Waals surface area contributed by atoms with Gasteiger partial charge in [-0.05, 0) is 12.5 Å². The Hall–Kier alpha value is -0.560. The molecule has 0 atom stereocenters. The van der Waals surface area contributed by atoms with Crippen LogP contribution >= 0.6 is 0 Å². The summed E-state index contributed by atoms with van der Waals surface area (Å²) < 4.78 is 0. The Bertz CT molecular complexity index is 162. The molecule has 0 aliphatic rings. The summed E-state index contributed by atoms with van der Waals surface area (Å²) in [6, 6.07) is 0.